The Morgan fingerprint density at radius 3 is 2.77 bits per heavy atom. The van der Waals surface area contributed by atoms with Gasteiger partial charge in [0.25, 0.3) is 5.91 Å². The third-order valence-electron chi connectivity index (χ3n) is 4.92. The molecule has 0 unspecified atom stereocenters. The van der Waals surface area contributed by atoms with Crippen molar-refractivity contribution in [2.75, 3.05) is 11.1 Å². The van der Waals surface area contributed by atoms with E-state index < -0.39 is 6.04 Å². The molecule has 8 heteroatoms. The second-order valence-electron chi connectivity index (χ2n) is 7.53. The summed E-state index contributed by atoms with van der Waals surface area (Å²) in [5.74, 6) is -0.171. The molecule has 0 fully saturated rings. The van der Waals surface area contributed by atoms with Gasteiger partial charge in [-0.1, -0.05) is 43.8 Å². The maximum Gasteiger partial charge on any atom is 0.259 e. The summed E-state index contributed by atoms with van der Waals surface area (Å²) < 4.78 is 13.7. The number of halogens is 1. The predicted molar refractivity (Wildman–Crippen MR) is 118 cm³/mol. The van der Waals surface area contributed by atoms with Crippen LogP contribution < -0.4 is 5.32 Å². The van der Waals surface area contributed by atoms with Crippen molar-refractivity contribution in [2.45, 2.75) is 26.8 Å². The first-order valence-electron chi connectivity index (χ1n) is 9.64. The minimum atomic E-state index is -0.471. The van der Waals surface area contributed by atoms with Gasteiger partial charge in [-0.3, -0.25) is 14.6 Å². The number of rotatable bonds is 4. The highest BCUT2D eigenvalue weighted by atomic mass is 32.2. The molecule has 2 aliphatic heterocycles. The number of anilines is 1. The molecule has 2 aromatic rings. The fraction of sp³-hybridized carbons (Fsp3) is 0.273. The van der Waals surface area contributed by atoms with Crippen LogP contribution >= 0.6 is 11.8 Å². The van der Waals surface area contributed by atoms with E-state index in [1.807, 2.05) is 38.1 Å². The van der Waals surface area contributed by atoms with Crippen molar-refractivity contribution in [2.24, 2.45) is 15.9 Å². The van der Waals surface area contributed by atoms with Crippen molar-refractivity contribution in [3.8, 4) is 0 Å². The summed E-state index contributed by atoms with van der Waals surface area (Å²) in [6.45, 7) is 5.57. The average Bonchev–Trinajstić information content (AvgIpc) is 3.07. The molecule has 0 saturated heterocycles. The molecule has 0 aromatic heterocycles. The Hall–Kier alpha value is -3.00. The zero-order chi connectivity index (χ0) is 21.4. The van der Waals surface area contributed by atoms with E-state index in [4.69, 9.17) is 0 Å². The van der Waals surface area contributed by atoms with E-state index in [1.165, 1.54) is 11.0 Å². The minimum Gasteiger partial charge on any atom is -0.325 e. The fourth-order valence-electron chi connectivity index (χ4n) is 3.30. The molecule has 6 nitrogen and oxygen atoms in total. The van der Waals surface area contributed by atoms with Crippen LogP contribution in [0.15, 0.2) is 52.4 Å². The van der Waals surface area contributed by atoms with Gasteiger partial charge in [0, 0.05) is 11.3 Å². The van der Waals surface area contributed by atoms with Crippen molar-refractivity contribution in [1.82, 2.24) is 4.90 Å². The van der Waals surface area contributed by atoms with E-state index in [0.717, 1.165) is 17.3 Å². The van der Waals surface area contributed by atoms with E-state index in [2.05, 4.69) is 15.3 Å². The van der Waals surface area contributed by atoms with Crippen LogP contribution in [0.25, 0.3) is 0 Å². The lowest BCUT2D eigenvalue weighted by Gasteiger charge is -2.25. The van der Waals surface area contributed by atoms with Crippen LogP contribution in [-0.4, -0.2) is 39.5 Å². The number of fused-ring (bicyclic) bond motifs is 3. The van der Waals surface area contributed by atoms with Crippen molar-refractivity contribution in [1.29, 1.82) is 0 Å². The SMILES string of the molecule is Cc1ccc(NC(=O)CSC2=Nc3ccccc3C3=N[C@H](C(C)C)C(=O)N23)cc1F. The number of aliphatic imine (C=N–C) groups is 2. The molecule has 2 aliphatic rings. The average molecular weight is 425 g/mol. The Balaban J connectivity index is 1.54. The molecule has 2 aromatic carbocycles. The number of aryl methyl sites for hydroxylation is 1. The third-order valence-corrected chi connectivity index (χ3v) is 5.86. The molecule has 2 heterocycles. The molecule has 0 aliphatic carbocycles. The summed E-state index contributed by atoms with van der Waals surface area (Å²) in [4.78, 5) is 36.1. The highest BCUT2D eigenvalue weighted by Crippen LogP contribution is 2.34. The maximum atomic E-state index is 13.7. The summed E-state index contributed by atoms with van der Waals surface area (Å²) in [6, 6.07) is 11.6. The molecular formula is C22H21FN4O2S. The quantitative estimate of drug-likeness (QED) is 0.802. The van der Waals surface area contributed by atoms with Gasteiger partial charge in [0.1, 0.15) is 17.7 Å². The standard InChI is InChI=1S/C22H21FN4O2S/c1-12(2)19-21(29)27-20(26-19)15-6-4-5-7-17(15)25-22(27)30-11-18(28)24-14-9-8-13(3)16(23)10-14/h4-10,12,19H,11H2,1-3H3,(H,24,28)/t19-/m1/s1. The summed E-state index contributed by atoms with van der Waals surface area (Å²) in [5.41, 5.74) is 2.42. The number of nitrogens with zero attached hydrogens (tertiary/aromatic N) is 3. The van der Waals surface area contributed by atoms with Crippen LogP contribution in [0.5, 0.6) is 0 Å². The lowest BCUT2D eigenvalue weighted by molar-refractivity contribution is -0.125. The van der Waals surface area contributed by atoms with E-state index in [-0.39, 0.29) is 29.3 Å². The number of benzene rings is 2. The number of amidine groups is 2. The van der Waals surface area contributed by atoms with Crippen molar-refractivity contribution < 1.29 is 14.0 Å². The number of hydrogen-bond donors (Lipinski definition) is 1. The number of carbonyl (C=O) groups is 2. The Kier molecular flexibility index (Phi) is 5.42. The Bertz CT molecular complexity index is 1100. The Labute approximate surface area is 178 Å². The number of para-hydroxylation sites is 1. The molecule has 0 spiro atoms. The zero-order valence-corrected chi connectivity index (χ0v) is 17.7. The summed E-state index contributed by atoms with van der Waals surface area (Å²) in [5, 5.41) is 3.10. The van der Waals surface area contributed by atoms with Crippen molar-refractivity contribution in [3.05, 3.63) is 59.4 Å². The molecule has 4 rings (SSSR count). The van der Waals surface area contributed by atoms with Crippen LogP contribution in [0.2, 0.25) is 0 Å². The Morgan fingerprint density at radius 2 is 2.03 bits per heavy atom. The molecular weight excluding hydrogens is 403 g/mol. The number of nitrogens with one attached hydrogen (secondary N) is 1. The van der Waals surface area contributed by atoms with E-state index >= 15 is 0 Å². The van der Waals surface area contributed by atoms with Gasteiger partial charge in [-0.05, 0) is 42.7 Å². The van der Waals surface area contributed by atoms with E-state index in [9.17, 15) is 14.0 Å². The first-order chi connectivity index (χ1) is 14.3. The van der Waals surface area contributed by atoms with Gasteiger partial charge in [-0.2, -0.15) is 0 Å². The van der Waals surface area contributed by atoms with Gasteiger partial charge in [0.15, 0.2) is 5.17 Å². The van der Waals surface area contributed by atoms with E-state index in [1.54, 1.807) is 19.1 Å². The topological polar surface area (TPSA) is 74.1 Å². The van der Waals surface area contributed by atoms with Crippen molar-refractivity contribution >= 4 is 46.0 Å². The van der Waals surface area contributed by atoms with Crippen molar-refractivity contribution in [3.63, 3.8) is 0 Å². The fourth-order valence-corrected chi connectivity index (χ4v) is 4.10. The van der Waals surface area contributed by atoms with Crippen LogP contribution in [0.1, 0.15) is 25.0 Å². The predicted octanol–water partition coefficient (Wildman–Crippen LogP) is 4.12. The lowest BCUT2D eigenvalue weighted by atomic mass is 10.1. The van der Waals surface area contributed by atoms with Crippen LogP contribution in [0.4, 0.5) is 15.8 Å². The molecule has 154 valence electrons. The Morgan fingerprint density at radius 1 is 1.27 bits per heavy atom. The normalized spacial score (nSPS) is 17.4. The second kappa shape index (κ2) is 8.02. The van der Waals surface area contributed by atoms with Crippen LogP contribution in [0.3, 0.4) is 0 Å². The number of carbonyl (C=O) groups excluding carboxylic acids is 2. The molecule has 1 atom stereocenters. The molecule has 0 saturated carbocycles. The van der Waals surface area contributed by atoms with Gasteiger partial charge in [0.2, 0.25) is 5.91 Å². The van der Waals surface area contributed by atoms with Gasteiger partial charge in [0.05, 0.1) is 11.4 Å². The number of hydrogen-bond acceptors (Lipinski definition) is 5. The lowest BCUT2D eigenvalue weighted by Crippen LogP contribution is -2.42. The summed E-state index contributed by atoms with van der Waals surface area (Å²) in [7, 11) is 0. The highest BCUT2D eigenvalue weighted by molar-refractivity contribution is 8.14. The smallest absolute Gasteiger partial charge is 0.259 e. The monoisotopic (exact) mass is 424 g/mol. The van der Waals surface area contributed by atoms with Crippen LogP contribution in [-0.2, 0) is 9.59 Å². The number of thioether (sulfide) groups is 1. The minimum absolute atomic E-state index is 0.0277. The highest BCUT2D eigenvalue weighted by Gasteiger charge is 2.42. The third kappa shape index (κ3) is 3.75. The first kappa shape index (κ1) is 20.3. The number of amides is 2. The molecule has 30 heavy (non-hydrogen) atoms. The van der Waals surface area contributed by atoms with Crippen LogP contribution in [0, 0.1) is 18.7 Å². The zero-order valence-electron chi connectivity index (χ0n) is 16.8. The maximum absolute atomic E-state index is 13.7. The summed E-state index contributed by atoms with van der Waals surface area (Å²) in [6.07, 6.45) is 0. The van der Waals surface area contributed by atoms with Gasteiger partial charge in [-0.25, -0.2) is 14.3 Å². The second-order valence-corrected chi connectivity index (χ2v) is 8.47. The molecule has 0 radical (unpaired) electrons. The molecule has 2 amide bonds. The summed E-state index contributed by atoms with van der Waals surface area (Å²) >= 11 is 1.16. The molecule has 1 N–H and O–H groups in total. The van der Waals surface area contributed by atoms with Gasteiger partial charge >= 0.3 is 0 Å². The van der Waals surface area contributed by atoms with Gasteiger partial charge < -0.3 is 5.32 Å². The van der Waals surface area contributed by atoms with Gasteiger partial charge in [-0.15, -0.1) is 0 Å². The largest absolute Gasteiger partial charge is 0.325 e. The first-order valence-corrected chi connectivity index (χ1v) is 10.6. The van der Waals surface area contributed by atoms with E-state index in [0.29, 0.717) is 27.9 Å². The molecule has 0 bridgehead atoms.